The Morgan fingerprint density at radius 3 is 1.52 bits per heavy atom. The van der Waals surface area contributed by atoms with Crippen molar-refractivity contribution in [1.82, 2.24) is 0 Å². The summed E-state index contributed by atoms with van der Waals surface area (Å²) < 4.78 is 0. The van der Waals surface area contributed by atoms with E-state index in [2.05, 4.69) is 32.0 Å². The van der Waals surface area contributed by atoms with Crippen molar-refractivity contribution in [2.24, 2.45) is 0 Å². The lowest BCUT2D eigenvalue weighted by Gasteiger charge is -2.31. The van der Waals surface area contributed by atoms with Gasteiger partial charge in [-0.15, -0.1) is 0 Å². The molecule has 3 aromatic carbocycles. The first-order valence-corrected chi connectivity index (χ1v) is 8.00. The Morgan fingerprint density at radius 1 is 0.652 bits per heavy atom. The van der Waals surface area contributed by atoms with Crippen LogP contribution in [-0.2, 0) is 12.0 Å². The van der Waals surface area contributed by atoms with Crippen LogP contribution in [-0.4, -0.2) is 5.11 Å². The van der Waals surface area contributed by atoms with E-state index >= 15 is 0 Å². The van der Waals surface area contributed by atoms with Gasteiger partial charge in [-0.2, -0.15) is 0 Å². The molecule has 1 nitrogen and oxygen atoms in total. The largest absolute Gasteiger partial charge is 0.380 e. The minimum absolute atomic E-state index is 0.569. The Kier molecular flexibility index (Phi) is 4.31. The molecule has 1 N–H and O–H groups in total. The first-order chi connectivity index (χ1) is 11.1. The number of benzene rings is 3. The first-order valence-electron chi connectivity index (χ1n) is 8.00. The van der Waals surface area contributed by atoms with Crippen molar-refractivity contribution < 1.29 is 5.11 Å². The lowest BCUT2D eigenvalue weighted by molar-refractivity contribution is 0.0808. The van der Waals surface area contributed by atoms with Crippen LogP contribution in [0, 0.1) is 13.8 Å². The fourth-order valence-corrected chi connectivity index (χ4v) is 3.18. The molecule has 116 valence electrons. The van der Waals surface area contributed by atoms with E-state index < -0.39 is 5.60 Å². The molecule has 0 saturated carbocycles. The van der Waals surface area contributed by atoms with Crippen LogP contribution in [0.2, 0.25) is 0 Å². The predicted molar refractivity (Wildman–Crippen MR) is 95.5 cm³/mol. The molecular weight excluding hydrogens is 280 g/mol. The second kappa shape index (κ2) is 6.39. The van der Waals surface area contributed by atoms with Gasteiger partial charge in [0.05, 0.1) is 0 Å². The third-order valence-electron chi connectivity index (χ3n) is 4.58. The van der Waals surface area contributed by atoms with Gasteiger partial charge in [0.15, 0.2) is 0 Å². The molecule has 0 aliphatic heterocycles. The van der Waals surface area contributed by atoms with E-state index in [1.807, 2.05) is 60.7 Å². The van der Waals surface area contributed by atoms with Gasteiger partial charge in [0, 0.05) is 6.42 Å². The second-order valence-electron chi connectivity index (χ2n) is 6.14. The van der Waals surface area contributed by atoms with Gasteiger partial charge in [0.1, 0.15) is 5.60 Å². The highest BCUT2D eigenvalue weighted by molar-refractivity contribution is 5.42. The zero-order valence-corrected chi connectivity index (χ0v) is 13.7. The molecule has 0 aliphatic rings. The highest BCUT2D eigenvalue weighted by Gasteiger charge is 2.32. The van der Waals surface area contributed by atoms with Crippen LogP contribution in [0.4, 0.5) is 0 Å². The summed E-state index contributed by atoms with van der Waals surface area (Å²) in [7, 11) is 0. The van der Waals surface area contributed by atoms with Gasteiger partial charge in [0.25, 0.3) is 0 Å². The van der Waals surface area contributed by atoms with Gasteiger partial charge < -0.3 is 5.11 Å². The molecule has 0 aromatic heterocycles. The van der Waals surface area contributed by atoms with E-state index in [0.29, 0.717) is 6.42 Å². The highest BCUT2D eigenvalue weighted by Crippen LogP contribution is 2.34. The number of rotatable bonds is 4. The number of hydrogen-bond acceptors (Lipinski definition) is 1. The molecule has 23 heavy (non-hydrogen) atoms. The van der Waals surface area contributed by atoms with Gasteiger partial charge in [-0.1, -0.05) is 78.9 Å². The third-order valence-corrected chi connectivity index (χ3v) is 4.58. The third kappa shape index (κ3) is 3.06. The Bertz CT molecular complexity index is 716. The maximum absolute atomic E-state index is 11.7. The molecule has 3 rings (SSSR count). The first kappa shape index (κ1) is 15.5. The van der Waals surface area contributed by atoms with Crippen LogP contribution in [0.3, 0.4) is 0 Å². The van der Waals surface area contributed by atoms with E-state index in [0.717, 1.165) is 11.1 Å². The Morgan fingerprint density at radius 2 is 1.09 bits per heavy atom. The van der Waals surface area contributed by atoms with Crippen molar-refractivity contribution in [3.63, 3.8) is 0 Å². The van der Waals surface area contributed by atoms with Crippen molar-refractivity contribution in [2.75, 3.05) is 0 Å². The van der Waals surface area contributed by atoms with Crippen LogP contribution >= 0.6 is 0 Å². The van der Waals surface area contributed by atoms with Crippen LogP contribution in [0.1, 0.15) is 27.8 Å². The Balaban J connectivity index is 2.14. The predicted octanol–water partition coefficient (Wildman–Crippen LogP) is 4.78. The highest BCUT2D eigenvalue weighted by atomic mass is 16.3. The molecule has 0 unspecified atom stereocenters. The van der Waals surface area contributed by atoms with E-state index in [9.17, 15) is 5.11 Å². The van der Waals surface area contributed by atoms with Crippen molar-refractivity contribution in [1.29, 1.82) is 0 Å². The van der Waals surface area contributed by atoms with Crippen LogP contribution in [0.15, 0.2) is 78.9 Å². The molecule has 0 amide bonds. The molecule has 0 fully saturated rings. The summed E-state index contributed by atoms with van der Waals surface area (Å²) in [5.74, 6) is 0. The van der Waals surface area contributed by atoms with E-state index in [4.69, 9.17) is 0 Å². The van der Waals surface area contributed by atoms with Crippen molar-refractivity contribution in [3.8, 4) is 0 Å². The molecule has 0 heterocycles. The molecule has 0 atom stereocenters. The summed E-state index contributed by atoms with van der Waals surface area (Å²) in [5, 5.41) is 11.7. The lowest BCUT2D eigenvalue weighted by atomic mass is 9.79. The van der Waals surface area contributed by atoms with Crippen molar-refractivity contribution >= 4 is 0 Å². The van der Waals surface area contributed by atoms with Gasteiger partial charge >= 0.3 is 0 Å². The SMILES string of the molecule is Cc1cccc(C)c1CC(O)(c1ccccc1)c1ccccc1. The second-order valence-corrected chi connectivity index (χ2v) is 6.14. The summed E-state index contributed by atoms with van der Waals surface area (Å²) in [5.41, 5.74) is 4.47. The fraction of sp³-hybridized carbons (Fsp3) is 0.182. The van der Waals surface area contributed by atoms with Gasteiger partial charge in [-0.25, -0.2) is 0 Å². The summed E-state index contributed by atoms with van der Waals surface area (Å²) in [6.07, 6.45) is 0.569. The van der Waals surface area contributed by atoms with Crippen molar-refractivity contribution in [3.05, 3.63) is 107 Å². The smallest absolute Gasteiger partial charge is 0.119 e. The maximum atomic E-state index is 11.7. The van der Waals surface area contributed by atoms with E-state index in [1.165, 1.54) is 16.7 Å². The molecule has 1 heteroatoms. The summed E-state index contributed by atoms with van der Waals surface area (Å²) in [6, 6.07) is 26.2. The lowest BCUT2D eigenvalue weighted by Crippen LogP contribution is -2.30. The van der Waals surface area contributed by atoms with E-state index in [-0.39, 0.29) is 0 Å². The monoisotopic (exact) mass is 302 g/mol. The number of aliphatic hydroxyl groups is 1. The molecule has 0 radical (unpaired) electrons. The quantitative estimate of drug-likeness (QED) is 0.735. The Hall–Kier alpha value is -2.38. The maximum Gasteiger partial charge on any atom is 0.119 e. The van der Waals surface area contributed by atoms with Gasteiger partial charge in [-0.05, 0) is 41.7 Å². The Labute approximate surface area is 138 Å². The molecular formula is C22H22O. The minimum atomic E-state index is -1.03. The topological polar surface area (TPSA) is 20.2 Å². The standard InChI is InChI=1S/C22H22O/c1-17-10-9-11-18(2)21(17)16-22(23,19-12-5-3-6-13-19)20-14-7-4-8-15-20/h3-15,23H,16H2,1-2H3. The number of aryl methyl sites for hydroxylation is 2. The summed E-state index contributed by atoms with van der Waals surface area (Å²) in [6.45, 7) is 4.22. The molecule has 3 aromatic rings. The molecule has 0 aliphatic carbocycles. The van der Waals surface area contributed by atoms with E-state index in [1.54, 1.807) is 0 Å². The fourth-order valence-electron chi connectivity index (χ4n) is 3.18. The minimum Gasteiger partial charge on any atom is -0.380 e. The average molecular weight is 302 g/mol. The molecule has 0 bridgehead atoms. The van der Waals surface area contributed by atoms with Crippen LogP contribution in [0.5, 0.6) is 0 Å². The van der Waals surface area contributed by atoms with Crippen LogP contribution in [0.25, 0.3) is 0 Å². The normalized spacial score (nSPS) is 11.4. The average Bonchev–Trinajstić information content (AvgIpc) is 2.60. The van der Waals surface area contributed by atoms with Gasteiger partial charge in [-0.3, -0.25) is 0 Å². The van der Waals surface area contributed by atoms with Crippen molar-refractivity contribution in [2.45, 2.75) is 25.9 Å². The number of hydrogen-bond donors (Lipinski definition) is 1. The summed E-state index contributed by atoms with van der Waals surface area (Å²) in [4.78, 5) is 0. The molecule has 0 saturated heterocycles. The molecule has 0 spiro atoms. The van der Waals surface area contributed by atoms with Crippen LogP contribution < -0.4 is 0 Å². The zero-order valence-electron chi connectivity index (χ0n) is 13.7. The summed E-state index contributed by atoms with van der Waals surface area (Å²) >= 11 is 0. The zero-order chi connectivity index (χ0) is 16.3. The van der Waals surface area contributed by atoms with Gasteiger partial charge in [0.2, 0.25) is 0 Å².